The fourth-order valence-corrected chi connectivity index (χ4v) is 9.30. The van der Waals surface area contributed by atoms with Gasteiger partial charge in [-0.1, -0.05) is 158 Å². The molecule has 12 rings (SSSR count). The Kier molecular flexibility index (Phi) is 8.17. The van der Waals surface area contributed by atoms with Crippen LogP contribution in [0.25, 0.3) is 93.6 Å². The third-order valence-corrected chi connectivity index (χ3v) is 12.2. The smallest absolute Gasteiger partial charge is 0.143 e. The largest absolute Gasteiger partial charge is 0.455 e. The standard InChI is InChI=1S/C58H38N2O/c1-3-13-39(14-4-1)40-25-31-46(32-26-40)59(47-33-27-42(28-34-47)49-22-12-24-56-57(49)53-36-29-41-15-7-8-20-50(41)58(53)61-56)48-19-11-16-43(37-48)44-30-35-52-51-21-9-10-23-54(51)60(55(52)38-44)45-17-5-2-6-18-45/h1-38H. The topological polar surface area (TPSA) is 21.3 Å². The molecule has 0 fully saturated rings. The third kappa shape index (κ3) is 5.90. The molecule has 61 heavy (non-hydrogen) atoms. The van der Waals surface area contributed by atoms with E-state index in [1.165, 1.54) is 38.3 Å². The molecular weight excluding hydrogens is 741 g/mol. The van der Waals surface area contributed by atoms with Gasteiger partial charge >= 0.3 is 0 Å². The van der Waals surface area contributed by atoms with Gasteiger partial charge in [0, 0.05) is 49.7 Å². The Bertz CT molecular complexity index is 3560. The molecular formula is C58H38N2O. The van der Waals surface area contributed by atoms with Crippen LogP contribution in [-0.2, 0) is 0 Å². The summed E-state index contributed by atoms with van der Waals surface area (Å²) in [5.41, 5.74) is 15.6. The van der Waals surface area contributed by atoms with E-state index in [0.29, 0.717) is 0 Å². The number of hydrogen-bond acceptors (Lipinski definition) is 2. The van der Waals surface area contributed by atoms with Crippen LogP contribution in [0.2, 0.25) is 0 Å². The number of rotatable bonds is 7. The monoisotopic (exact) mass is 778 g/mol. The van der Waals surface area contributed by atoms with Crippen LogP contribution in [0.5, 0.6) is 0 Å². The van der Waals surface area contributed by atoms with E-state index in [1.54, 1.807) is 0 Å². The minimum atomic E-state index is 0.896. The average molecular weight is 779 g/mol. The maximum atomic E-state index is 6.55. The van der Waals surface area contributed by atoms with Gasteiger partial charge in [0.25, 0.3) is 0 Å². The number of anilines is 3. The molecule has 10 aromatic carbocycles. The molecule has 12 aromatic rings. The van der Waals surface area contributed by atoms with Crippen molar-refractivity contribution in [1.82, 2.24) is 4.57 Å². The van der Waals surface area contributed by atoms with Crippen molar-refractivity contribution >= 4 is 71.6 Å². The lowest BCUT2D eigenvalue weighted by Gasteiger charge is -2.26. The summed E-state index contributed by atoms with van der Waals surface area (Å²) in [6.45, 7) is 0. The van der Waals surface area contributed by atoms with E-state index in [2.05, 4.69) is 240 Å². The number of benzene rings is 10. The molecule has 3 nitrogen and oxygen atoms in total. The number of fused-ring (bicyclic) bond motifs is 8. The quantitative estimate of drug-likeness (QED) is 0.161. The van der Waals surface area contributed by atoms with Crippen LogP contribution in [-0.4, -0.2) is 4.57 Å². The second-order valence-corrected chi connectivity index (χ2v) is 15.7. The third-order valence-electron chi connectivity index (χ3n) is 12.2. The number of aromatic nitrogens is 1. The molecule has 0 aliphatic heterocycles. The van der Waals surface area contributed by atoms with Gasteiger partial charge in [0.15, 0.2) is 0 Å². The van der Waals surface area contributed by atoms with E-state index >= 15 is 0 Å². The molecule has 0 atom stereocenters. The molecule has 0 saturated carbocycles. The van der Waals surface area contributed by atoms with E-state index in [4.69, 9.17) is 4.42 Å². The molecule has 0 aliphatic carbocycles. The molecule has 0 aliphatic rings. The Morgan fingerprint density at radius 3 is 1.74 bits per heavy atom. The second kappa shape index (κ2) is 14.3. The summed E-state index contributed by atoms with van der Waals surface area (Å²) in [6, 6.07) is 82.9. The van der Waals surface area contributed by atoms with Crippen molar-refractivity contribution in [2.75, 3.05) is 4.90 Å². The molecule has 0 spiro atoms. The van der Waals surface area contributed by atoms with Crippen LogP contribution >= 0.6 is 0 Å². The van der Waals surface area contributed by atoms with Gasteiger partial charge in [0.1, 0.15) is 11.2 Å². The van der Waals surface area contributed by atoms with Crippen molar-refractivity contribution < 1.29 is 4.42 Å². The van der Waals surface area contributed by atoms with Crippen molar-refractivity contribution in [3.05, 3.63) is 231 Å². The van der Waals surface area contributed by atoms with Crippen molar-refractivity contribution in [3.8, 4) is 39.1 Å². The zero-order valence-corrected chi connectivity index (χ0v) is 33.2. The predicted molar refractivity (Wildman–Crippen MR) is 257 cm³/mol. The SMILES string of the molecule is c1ccc(-c2ccc(N(c3ccc(-c4cccc5oc6c7ccccc7ccc6c45)cc3)c3cccc(-c4ccc5c6ccccc6n(-c6ccccc6)c5c4)c3)cc2)cc1. The minimum Gasteiger partial charge on any atom is -0.455 e. The lowest BCUT2D eigenvalue weighted by Crippen LogP contribution is -2.10. The fraction of sp³-hybridized carbons (Fsp3) is 0. The highest BCUT2D eigenvalue weighted by molar-refractivity contribution is 6.19. The van der Waals surface area contributed by atoms with E-state index in [-0.39, 0.29) is 0 Å². The lowest BCUT2D eigenvalue weighted by molar-refractivity contribution is 0.673. The highest BCUT2D eigenvalue weighted by Gasteiger charge is 2.18. The van der Waals surface area contributed by atoms with Gasteiger partial charge < -0.3 is 13.9 Å². The van der Waals surface area contributed by atoms with Crippen LogP contribution in [0.4, 0.5) is 17.1 Å². The van der Waals surface area contributed by atoms with Gasteiger partial charge in [0.2, 0.25) is 0 Å². The number of furan rings is 1. The summed E-state index contributed by atoms with van der Waals surface area (Å²) in [6.07, 6.45) is 0. The first-order chi connectivity index (χ1) is 30.2. The molecule has 0 amide bonds. The average Bonchev–Trinajstić information content (AvgIpc) is 3.89. The van der Waals surface area contributed by atoms with Crippen LogP contribution in [0.15, 0.2) is 235 Å². The minimum absolute atomic E-state index is 0.896. The van der Waals surface area contributed by atoms with Gasteiger partial charge in [-0.15, -0.1) is 0 Å². The molecule has 0 unspecified atom stereocenters. The van der Waals surface area contributed by atoms with Crippen molar-refractivity contribution in [2.45, 2.75) is 0 Å². The number of hydrogen-bond donors (Lipinski definition) is 0. The Hall–Kier alpha value is -8.14. The Morgan fingerprint density at radius 1 is 0.344 bits per heavy atom. The first-order valence-corrected chi connectivity index (χ1v) is 20.8. The van der Waals surface area contributed by atoms with Gasteiger partial charge in [-0.2, -0.15) is 0 Å². The Morgan fingerprint density at radius 2 is 0.934 bits per heavy atom. The maximum absolute atomic E-state index is 6.55. The molecule has 286 valence electrons. The van der Waals surface area contributed by atoms with E-state index in [0.717, 1.165) is 72.3 Å². The van der Waals surface area contributed by atoms with Crippen LogP contribution in [0, 0.1) is 0 Å². The number of nitrogens with zero attached hydrogens (tertiary/aromatic N) is 2. The van der Waals surface area contributed by atoms with Crippen LogP contribution < -0.4 is 4.90 Å². The van der Waals surface area contributed by atoms with Gasteiger partial charge in [-0.05, 0) is 112 Å². The first-order valence-electron chi connectivity index (χ1n) is 20.8. The molecule has 0 saturated heterocycles. The molecule has 3 heteroatoms. The normalized spacial score (nSPS) is 11.6. The highest BCUT2D eigenvalue weighted by atomic mass is 16.3. The molecule has 0 bridgehead atoms. The van der Waals surface area contributed by atoms with Crippen molar-refractivity contribution in [2.24, 2.45) is 0 Å². The molecule has 0 radical (unpaired) electrons. The van der Waals surface area contributed by atoms with Crippen LogP contribution in [0.3, 0.4) is 0 Å². The lowest BCUT2D eigenvalue weighted by atomic mass is 9.97. The molecule has 0 N–H and O–H groups in total. The highest BCUT2D eigenvalue weighted by Crippen LogP contribution is 2.43. The Labute approximate surface area is 353 Å². The van der Waals surface area contributed by atoms with Crippen molar-refractivity contribution in [1.29, 1.82) is 0 Å². The summed E-state index contributed by atoms with van der Waals surface area (Å²) < 4.78 is 8.94. The summed E-state index contributed by atoms with van der Waals surface area (Å²) in [5, 5.41) is 7.07. The summed E-state index contributed by atoms with van der Waals surface area (Å²) in [7, 11) is 0. The molecule has 2 aromatic heterocycles. The van der Waals surface area contributed by atoms with E-state index in [9.17, 15) is 0 Å². The Balaban J connectivity index is 0.979. The van der Waals surface area contributed by atoms with Gasteiger partial charge in [0.05, 0.1) is 11.0 Å². The maximum Gasteiger partial charge on any atom is 0.143 e. The second-order valence-electron chi connectivity index (χ2n) is 15.7. The zero-order valence-electron chi connectivity index (χ0n) is 33.2. The molecule has 2 heterocycles. The van der Waals surface area contributed by atoms with Crippen molar-refractivity contribution in [3.63, 3.8) is 0 Å². The van der Waals surface area contributed by atoms with Gasteiger partial charge in [-0.25, -0.2) is 0 Å². The van der Waals surface area contributed by atoms with Gasteiger partial charge in [-0.3, -0.25) is 0 Å². The summed E-state index contributed by atoms with van der Waals surface area (Å²) in [4.78, 5) is 2.36. The predicted octanol–water partition coefficient (Wildman–Crippen LogP) is 16.3. The van der Waals surface area contributed by atoms with Crippen LogP contribution in [0.1, 0.15) is 0 Å². The number of para-hydroxylation sites is 2. The van der Waals surface area contributed by atoms with E-state index < -0.39 is 0 Å². The van der Waals surface area contributed by atoms with E-state index in [1.807, 2.05) is 0 Å². The summed E-state index contributed by atoms with van der Waals surface area (Å²) >= 11 is 0. The first kappa shape index (κ1) is 34.9. The summed E-state index contributed by atoms with van der Waals surface area (Å²) in [5.74, 6) is 0. The fourth-order valence-electron chi connectivity index (χ4n) is 9.30. The zero-order chi connectivity index (χ0) is 40.3.